The van der Waals surface area contributed by atoms with Crippen LogP contribution >= 0.6 is 27.5 Å². The Balaban J connectivity index is 3.17. The average Bonchev–Trinajstić information content (AvgIpc) is 1.80. The van der Waals surface area contributed by atoms with E-state index in [0.29, 0.717) is 4.47 Å². The largest absolute Gasteiger partial charge is 0.205 e. The third kappa shape index (κ3) is 1.66. The molecule has 3 heteroatoms. The Hall–Kier alpha value is -0.0800. The minimum atomic E-state index is -0.522. The summed E-state index contributed by atoms with van der Waals surface area (Å²) in [5, 5.41) is 0.0956. The van der Waals surface area contributed by atoms with E-state index in [1.54, 1.807) is 6.07 Å². The molecule has 0 fully saturated rings. The fourth-order valence-corrected chi connectivity index (χ4v) is 0.842. The first-order valence-corrected chi connectivity index (χ1v) is 3.40. The van der Waals surface area contributed by atoms with Gasteiger partial charge in [0.1, 0.15) is 0 Å². The van der Waals surface area contributed by atoms with Crippen molar-refractivity contribution in [1.82, 2.24) is 0 Å². The molecule has 0 atom stereocenters. The minimum absolute atomic E-state index is 0.0956. The molecule has 0 aliphatic carbocycles. The van der Waals surface area contributed by atoms with E-state index in [4.69, 9.17) is 11.6 Å². The van der Waals surface area contributed by atoms with Crippen LogP contribution in [-0.4, -0.2) is 0 Å². The summed E-state index contributed by atoms with van der Waals surface area (Å²) in [6.45, 7) is 0. The van der Waals surface area contributed by atoms with Gasteiger partial charge in [-0.1, -0.05) is 27.5 Å². The maximum Gasteiger partial charge on any atom is 0.150 e. The van der Waals surface area contributed by atoms with Crippen molar-refractivity contribution in [2.75, 3.05) is 0 Å². The second-order valence-electron chi connectivity index (χ2n) is 1.47. The Morgan fingerprint density at radius 2 is 2.22 bits per heavy atom. The molecule has 47 valence electrons. The summed E-state index contributed by atoms with van der Waals surface area (Å²) in [4.78, 5) is 0. The third-order valence-corrected chi connectivity index (χ3v) is 1.57. The first-order valence-electron chi connectivity index (χ1n) is 2.23. The standard InChI is InChI=1S/C6H2BrClF/c7-4-1-2-5(8)6(9)3-4/h1-2H. The molecule has 0 bridgehead atoms. The Morgan fingerprint density at radius 3 is 2.67 bits per heavy atom. The van der Waals surface area contributed by atoms with E-state index in [2.05, 4.69) is 22.0 Å². The van der Waals surface area contributed by atoms with Gasteiger partial charge >= 0.3 is 0 Å². The van der Waals surface area contributed by atoms with Gasteiger partial charge in [-0.3, -0.25) is 0 Å². The van der Waals surface area contributed by atoms with Crippen molar-refractivity contribution in [3.63, 3.8) is 0 Å². The number of halogens is 3. The topological polar surface area (TPSA) is 0 Å². The second kappa shape index (κ2) is 2.67. The number of rotatable bonds is 0. The first kappa shape index (κ1) is 7.03. The Kier molecular flexibility index (Phi) is 2.09. The van der Waals surface area contributed by atoms with Crippen molar-refractivity contribution in [2.24, 2.45) is 0 Å². The normalized spacial score (nSPS) is 9.67. The highest BCUT2D eigenvalue weighted by Gasteiger charge is 1.97. The van der Waals surface area contributed by atoms with Crippen LogP contribution in [0.1, 0.15) is 0 Å². The Bertz CT molecular complexity index is 224. The molecule has 0 amide bonds. The SMILES string of the molecule is Fc1[c]c(Br)ccc1Cl. The molecule has 0 spiro atoms. The molecule has 0 heterocycles. The molecule has 1 radical (unpaired) electrons. The van der Waals surface area contributed by atoms with Gasteiger partial charge in [0.15, 0.2) is 5.82 Å². The lowest BCUT2D eigenvalue weighted by Crippen LogP contribution is -1.74. The van der Waals surface area contributed by atoms with Crippen molar-refractivity contribution in [3.05, 3.63) is 33.5 Å². The minimum Gasteiger partial charge on any atom is -0.205 e. The van der Waals surface area contributed by atoms with Gasteiger partial charge in [0, 0.05) is 10.5 Å². The van der Waals surface area contributed by atoms with Crippen molar-refractivity contribution < 1.29 is 4.39 Å². The maximum absolute atomic E-state index is 12.4. The van der Waals surface area contributed by atoms with Crippen molar-refractivity contribution in [2.45, 2.75) is 0 Å². The van der Waals surface area contributed by atoms with Crippen LogP contribution in [0, 0.1) is 11.9 Å². The van der Waals surface area contributed by atoms with E-state index in [1.165, 1.54) is 6.07 Å². The van der Waals surface area contributed by atoms with Crippen LogP contribution in [0.15, 0.2) is 16.6 Å². The van der Waals surface area contributed by atoms with Gasteiger partial charge in [0.05, 0.1) is 5.02 Å². The van der Waals surface area contributed by atoms with Gasteiger partial charge in [-0.2, -0.15) is 0 Å². The number of benzene rings is 1. The molecule has 0 N–H and O–H groups in total. The van der Waals surface area contributed by atoms with Crippen molar-refractivity contribution >= 4 is 27.5 Å². The molecule has 0 saturated carbocycles. The van der Waals surface area contributed by atoms with Crippen molar-refractivity contribution in [3.8, 4) is 0 Å². The van der Waals surface area contributed by atoms with E-state index < -0.39 is 5.82 Å². The molecular formula is C6H2BrClF. The lowest BCUT2D eigenvalue weighted by Gasteiger charge is -1.90. The monoisotopic (exact) mass is 207 g/mol. The Morgan fingerprint density at radius 1 is 1.56 bits per heavy atom. The van der Waals surface area contributed by atoms with E-state index >= 15 is 0 Å². The van der Waals surface area contributed by atoms with Crippen LogP contribution in [0.5, 0.6) is 0 Å². The molecule has 0 nitrogen and oxygen atoms in total. The molecule has 1 aromatic rings. The number of hydrogen-bond donors (Lipinski definition) is 0. The lowest BCUT2D eigenvalue weighted by molar-refractivity contribution is 0.625. The van der Waals surface area contributed by atoms with E-state index in [0.717, 1.165) is 0 Å². The van der Waals surface area contributed by atoms with E-state index in [-0.39, 0.29) is 5.02 Å². The predicted octanol–water partition coefficient (Wildman–Crippen LogP) is 3.04. The molecular weight excluding hydrogens is 206 g/mol. The molecule has 1 aromatic carbocycles. The summed E-state index contributed by atoms with van der Waals surface area (Å²) in [7, 11) is 0. The molecule has 0 aliphatic heterocycles. The predicted molar refractivity (Wildman–Crippen MR) is 37.9 cm³/mol. The summed E-state index contributed by atoms with van der Waals surface area (Å²) < 4.78 is 12.9. The lowest BCUT2D eigenvalue weighted by atomic mass is 10.3. The Labute approximate surface area is 65.8 Å². The molecule has 9 heavy (non-hydrogen) atoms. The zero-order chi connectivity index (χ0) is 6.85. The maximum atomic E-state index is 12.4. The zero-order valence-corrected chi connectivity index (χ0v) is 6.63. The van der Waals surface area contributed by atoms with Crippen LogP contribution in [0.2, 0.25) is 5.02 Å². The third-order valence-electron chi connectivity index (χ3n) is 0.815. The average molecular weight is 208 g/mol. The fraction of sp³-hybridized carbons (Fsp3) is 0. The molecule has 0 aliphatic rings. The summed E-state index contributed by atoms with van der Waals surface area (Å²) >= 11 is 8.40. The van der Waals surface area contributed by atoms with Crippen LogP contribution in [-0.2, 0) is 0 Å². The van der Waals surface area contributed by atoms with Gasteiger partial charge < -0.3 is 0 Å². The van der Waals surface area contributed by atoms with Gasteiger partial charge in [-0.15, -0.1) is 0 Å². The van der Waals surface area contributed by atoms with Gasteiger partial charge in [-0.05, 0) is 12.1 Å². The summed E-state index contributed by atoms with van der Waals surface area (Å²) in [5.41, 5.74) is 0. The highest BCUT2D eigenvalue weighted by molar-refractivity contribution is 9.10. The summed E-state index contributed by atoms with van der Waals surface area (Å²) in [5.74, 6) is -0.522. The zero-order valence-electron chi connectivity index (χ0n) is 4.29. The van der Waals surface area contributed by atoms with Gasteiger partial charge in [0.25, 0.3) is 0 Å². The highest BCUT2D eigenvalue weighted by Crippen LogP contribution is 2.17. The molecule has 0 aromatic heterocycles. The van der Waals surface area contributed by atoms with Crippen LogP contribution in [0.3, 0.4) is 0 Å². The van der Waals surface area contributed by atoms with Gasteiger partial charge in [0.2, 0.25) is 0 Å². The second-order valence-corrected chi connectivity index (χ2v) is 2.73. The molecule has 1 rings (SSSR count). The summed E-state index contributed by atoms with van der Waals surface area (Å²) in [6.07, 6.45) is 0. The van der Waals surface area contributed by atoms with Crippen LogP contribution in [0.25, 0.3) is 0 Å². The van der Waals surface area contributed by atoms with Gasteiger partial charge in [-0.25, -0.2) is 4.39 Å². The first-order chi connectivity index (χ1) is 4.20. The number of hydrogen-bond acceptors (Lipinski definition) is 0. The molecule has 0 unspecified atom stereocenters. The highest BCUT2D eigenvalue weighted by atomic mass is 79.9. The van der Waals surface area contributed by atoms with E-state index in [9.17, 15) is 4.39 Å². The van der Waals surface area contributed by atoms with Crippen molar-refractivity contribution in [1.29, 1.82) is 0 Å². The van der Waals surface area contributed by atoms with Crippen LogP contribution < -0.4 is 0 Å². The van der Waals surface area contributed by atoms with E-state index in [1.807, 2.05) is 0 Å². The smallest absolute Gasteiger partial charge is 0.150 e. The molecule has 0 saturated heterocycles. The summed E-state index contributed by atoms with van der Waals surface area (Å²) in [6, 6.07) is 5.46. The fourth-order valence-electron chi connectivity index (χ4n) is 0.426. The quantitative estimate of drug-likeness (QED) is 0.575. The van der Waals surface area contributed by atoms with Crippen LogP contribution in [0.4, 0.5) is 4.39 Å².